The van der Waals surface area contributed by atoms with Gasteiger partial charge in [0.05, 0.1) is 17.1 Å². The second-order valence-corrected chi connectivity index (χ2v) is 5.17. The first kappa shape index (κ1) is 14.4. The first-order valence-corrected chi connectivity index (χ1v) is 7.09. The number of thioether (sulfide) groups is 1. The minimum Gasteiger partial charge on any atom is -0.481 e. The quantitative estimate of drug-likeness (QED) is 0.831. The summed E-state index contributed by atoms with van der Waals surface area (Å²) in [5.74, 6) is -0.370. The highest BCUT2D eigenvalue weighted by molar-refractivity contribution is 7.99. The Labute approximate surface area is 120 Å². The molecule has 0 aliphatic carbocycles. The summed E-state index contributed by atoms with van der Waals surface area (Å²) in [6.45, 7) is 3.85. The number of nitrogens with zero attached hydrogens (tertiary/aromatic N) is 5. The average Bonchev–Trinajstić information content (AvgIpc) is 2.77. The van der Waals surface area contributed by atoms with Crippen molar-refractivity contribution in [3.8, 4) is 11.4 Å². The fraction of sp³-hybridized carbons (Fsp3) is 0.417. The minimum atomic E-state index is -0.879. The Morgan fingerprint density at radius 1 is 1.45 bits per heavy atom. The number of rotatable bonds is 5. The average molecular weight is 293 g/mol. The summed E-state index contributed by atoms with van der Waals surface area (Å²) in [6, 6.07) is 1.90. The predicted molar refractivity (Wildman–Crippen MR) is 74.5 cm³/mol. The van der Waals surface area contributed by atoms with Gasteiger partial charge in [0, 0.05) is 12.6 Å². The fourth-order valence-electron chi connectivity index (χ4n) is 1.71. The van der Waals surface area contributed by atoms with Gasteiger partial charge in [-0.05, 0) is 19.4 Å². The molecule has 0 atom stereocenters. The molecule has 0 aromatic carbocycles. The zero-order chi connectivity index (χ0) is 14.7. The molecule has 0 aliphatic rings. The van der Waals surface area contributed by atoms with Crippen molar-refractivity contribution < 1.29 is 9.90 Å². The molecule has 0 radical (unpaired) electrons. The first-order chi connectivity index (χ1) is 9.51. The van der Waals surface area contributed by atoms with E-state index in [1.54, 1.807) is 11.7 Å². The Bertz CT molecular complexity index is 641. The summed E-state index contributed by atoms with van der Waals surface area (Å²) in [7, 11) is 1.74. The Morgan fingerprint density at radius 2 is 2.20 bits per heavy atom. The summed E-state index contributed by atoms with van der Waals surface area (Å²) in [5.41, 5.74) is 2.47. The minimum absolute atomic E-state index is 0.0414. The molecule has 106 valence electrons. The maximum Gasteiger partial charge on any atom is 0.313 e. The maximum absolute atomic E-state index is 10.6. The number of carboxylic acids is 1. The van der Waals surface area contributed by atoms with E-state index in [0.29, 0.717) is 11.0 Å². The lowest BCUT2D eigenvalue weighted by atomic mass is 10.1. The van der Waals surface area contributed by atoms with Gasteiger partial charge in [-0.15, -0.1) is 0 Å². The van der Waals surface area contributed by atoms with Crippen LogP contribution in [0.4, 0.5) is 0 Å². The van der Waals surface area contributed by atoms with E-state index in [2.05, 4.69) is 20.3 Å². The van der Waals surface area contributed by atoms with Crippen LogP contribution in [0.3, 0.4) is 0 Å². The molecule has 0 aliphatic heterocycles. The van der Waals surface area contributed by atoms with E-state index in [-0.39, 0.29) is 5.75 Å². The van der Waals surface area contributed by atoms with Crippen LogP contribution in [0, 0.1) is 6.92 Å². The maximum atomic E-state index is 10.6. The van der Waals surface area contributed by atoms with Crippen molar-refractivity contribution >= 4 is 17.7 Å². The molecular formula is C12H15N5O2S. The molecule has 0 saturated carbocycles. The number of hydrogen-bond acceptors (Lipinski definition) is 6. The molecule has 0 spiro atoms. The Balaban J connectivity index is 2.36. The van der Waals surface area contributed by atoms with E-state index >= 15 is 0 Å². The van der Waals surface area contributed by atoms with Crippen molar-refractivity contribution in [2.24, 2.45) is 7.05 Å². The SMILES string of the molecule is CCc1nnc(C)cc1-c1nc(SCC(=O)O)n(C)n1. The van der Waals surface area contributed by atoms with E-state index < -0.39 is 5.97 Å². The molecule has 2 rings (SSSR count). The lowest BCUT2D eigenvalue weighted by Crippen LogP contribution is -2.00. The van der Waals surface area contributed by atoms with Crippen LogP contribution in [0.2, 0.25) is 0 Å². The summed E-state index contributed by atoms with van der Waals surface area (Å²) in [5, 5.41) is 21.8. The first-order valence-electron chi connectivity index (χ1n) is 6.10. The van der Waals surface area contributed by atoms with Gasteiger partial charge in [-0.2, -0.15) is 15.3 Å². The number of hydrogen-bond donors (Lipinski definition) is 1. The molecular weight excluding hydrogens is 278 g/mol. The van der Waals surface area contributed by atoms with Gasteiger partial charge in [0.15, 0.2) is 11.0 Å². The predicted octanol–water partition coefficient (Wildman–Crippen LogP) is 1.32. The van der Waals surface area contributed by atoms with Crippen molar-refractivity contribution in [1.29, 1.82) is 0 Å². The van der Waals surface area contributed by atoms with Gasteiger partial charge in [-0.3, -0.25) is 4.79 Å². The smallest absolute Gasteiger partial charge is 0.313 e. The van der Waals surface area contributed by atoms with Crippen molar-refractivity contribution in [2.75, 3.05) is 5.75 Å². The van der Waals surface area contributed by atoms with Gasteiger partial charge in [0.2, 0.25) is 0 Å². The number of carbonyl (C=O) groups is 1. The van der Waals surface area contributed by atoms with Crippen LogP contribution in [0.1, 0.15) is 18.3 Å². The zero-order valence-corrected chi connectivity index (χ0v) is 12.3. The second kappa shape index (κ2) is 6.00. The lowest BCUT2D eigenvalue weighted by molar-refractivity contribution is -0.133. The van der Waals surface area contributed by atoms with Crippen molar-refractivity contribution in [1.82, 2.24) is 25.0 Å². The van der Waals surface area contributed by atoms with E-state index in [1.165, 1.54) is 0 Å². The molecule has 8 heteroatoms. The van der Waals surface area contributed by atoms with Crippen molar-refractivity contribution in [3.05, 3.63) is 17.5 Å². The molecule has 0 saturated heterocycles. The van der Waals surface area contributed by atoms with E-state index in [4.69, 9.17) is 5.11 Å². The van der Waals surface area contributed by atoms with Crippen LogP contribution < -0.4 is 0 Å². The molecule has 0 bridgehead atoms. The summed E-state index contributed by atoms with van der Waals surface area (Å²) in [4.78, 5) is 15.0. The molecule has 2 aromatic heterocycles. The third-order valence-corrected chi connectivity index (χ3v) is 3.62. The standard InChI is InChI=1S/C12H15N5O2S/c1-4-9-8(5-7(2)14-15-9)11-13-12(17(3)16-11)20-6-10(18)19/h5H,4,6H2,1-3H3,(H,18,19). The van der Waals surface area contributed by atoms with Gasteiger partial charge in [0.25, 0.3) is 0 Å². The monoisotopic (exact) mass is 293 g/mol. The highest BCUT2D eigenvalue weighted by atomic mass is 32.2. The van der Waals surface area contributed by atoms with Gasteiger partial charge >= 0.3 is 5.97 Å². The molecule has 1 N–H and O–H groups in total. The van der Waals surface area contributed by atoms with Gasteiger partial charge < -0.3 is 5.11 Å². The van der Waals surface area contributed by atoms with E-state index in [0.717, 1.165) is 35.1 Å². The summed E-state index contributed by atoms with van der Waals surface area (Å²) < 4.78 is 1.58. The third kappa shape index (κ3) is 3.13. The van der Waals surface area contributed by atoms with Crippen molar-refractivity contribution in [3.63, 3.8) is 0 Å². The topological polar surface area (TPSA) is 93.8 Å². The van der Waals surface area contributed by atoms with Crippen LogP contribution in [0.5, 0.6) is 0 Å². The molecule has 0 amide bonds. The van der Waals surface area contributed by atoms with E-state index in [9.17, 15) is 4.79 Å². The summed E-state index contributed by atoms with van der Waals surface area (Å²) >= 11 is 1.14. The van der Waals surface area contributed by atoms with Crippen LogP contribution in [-0.2, 0) is 18.3 Å². The van der Waals surface area contributed by atoms with E-state index in [1.807, 2.05) is 19.9 Å². The molecule has 0 unspecified atom stereocenters. The number of aromatic nitrogens is 5. The van der Waals surface area contributed by atoms with Gasteiger partial charge in [0.1, 0.15) is 0 Å². The molecule has 2 heterocycles. The number of aliphatic carboxylic acids is 1. The van der Waals surface area contributed by atoms with Gasteiger partial charge in [-0.25, -0.2) is 9.67 Å². The normalized spacial score (nSPS) is 10.8. The van der Waals surface area contributed by atoms with Crippen LogP contribution in [0.15, 0.2) is 11.2 Å². The highest BCUT2D eigenvalue weighted by Crippen LogP contribution is 2.23. The Morgan fingerprint density at radius 3 is 2.85 bits per heavy atom. The molecule has 2 aromatic rings. The second-order valence-electron chi connectivity index (χ2n) is 4.22. The summed E-state index contributed by atoms with van der Waals surface area (Å²) in [6.07, 6.45) is 0.735. The molecule has 7 nitrogen and oxygen atoms in total. The highest BCUT2D eigenvalue weighted by Gasteiger charge is 2.15. The number of carboxylic acid groups (broad SMARTS) is 1. The van der Waals surface area contributed by atoms with Crippen LogP contribution >= 0.6 is 11.8 Å². The Kier molecular flexibility index (Phi) is 4.33. The zero-order valence-electron chi connectivity index (χ0n) is 11.5. The van der Waals surface area contributed by atoms with Crippen molar-refractivity contribution in [2.45, 2.75) is 25.4 Å². The largest absolute Gasteiger partial charge is 0.481 e. The van der Waals surface area contributed by atoms with Crippen LogP contribution in [0.25, 0.3) is 11.4 Å². The molecule has 0 fully saturated rings. The molecule has 20 heavy (non-hydrogen) atoms. The van der Waals surface area contributed by atoms with Gasteiger partial charge in [-0.1, -0.05) is 18.7 Å². The van der Waals surface area contributed by atoms with Crippen LogP contribution in [-0.4, -0.2) is 41.8 Å². The lowest BCUT2D eigenvalue weighted by Gasteiger charge is -2.02. The Hall–Kier alpha value is -1.96. The third-order valence-electron chi connectivity index (χ3n) is 2.62. The number of aryl methyl sites for hydroxylation is 3. The fourth-order valence-corrected chi connectivity index (χ4v) is 2.34.